The summed E-state index contributed by atoms with van der Waals surface area (Å²) in [4.78, 5) is 42.3. The summed E-state index contributed by atoms with van der Waals surface area (Å²) in [6.45, 7) is 4.51. The molecule has 0 radical (unpaired) electrons. The van der Waals surface area contributed by atoms with Crippen LogP contribution in [-0.2, 0) is 19.2 Å². The van der Waals surface area contributed by atoms with E-state index in [-0.39, 0.29) is 99.5 Å². The maximum atomic E-state index is 10.8. The van der Waals surface area contributed by atoms with Gasteiger partial charge < -0.3 is 39.6 Å². The SMILES string of the molecule is CCCCCCCCCCCCCCCCCCC(=CC(=O)[O-])C(=O)[O-].CCCCCCCCCCCCCCCCCCC(=CC(=O)[O-])C(=O)[O-].[Ca+2].[Ca+2]. The van der Waals surface area contributed by atoms with Crippen molar-refractivity contribution in [3.63, 3.8) is 0 Å². The molecule has 0 atom stereocenters. The van der Waals surface area contributed by atoms with E-state index in [4.69, 9.17) is 0 Å². The van der Waals surface area contributed by atoms with Gasteiger partial charge in [0, 0.05) is 0 Å². The monoisotopic (exact) mass is 812 g/mol. The predicted molar refractivity (Wildman–Crippen MR) is 216 cm³/mol. The first-order valence-corrected chi connectivity index (χ1v) is 21.4. The molecule has 0 saturated carbocycles. The average Bonchev–Trinajstić information content (AvgIpc) is 3.10. The number of carbonyl (C=O) groups excluding carboxylic acids is 4. The number of aliphatic carboxylic acids is 4. The fourth-order valence-corrected chi connectivity index (χ4v) is 6.48. The molecule has 0 rings (SSSR count). The van der Waals surface area contributed by atoms with Gasteiger partial charge in [-0.25, -0.2) is 0 Å². The first-order chi connectivity index (χ1) is 25.1. The van der Waals surface area contributed by atoms with Crippen LogP contribution in [-0.4, -0.2) is 99.4 Å². The van der Waals surface area contributed by atoms with E-state index >= 15 is 0 Å². The Morgan fingerprint density at radius 1 is 0.315 bits per heavy atom. The van der Waals surface area contributed by atoms with E-state index in [9.17, 15) is 39.6 Å². The molecule has 0 N–H and O–H groups in total. The summed E-state index contributed by atoms with van der Waals surface area (Å²) in [5, 5.41) is 42.3. The van der Waals surface area contributed by atoms with Crippen molar-refractivity contribution in [1.29, 1.82) is 0 Å². The van der Waals surface area contributed by atoms with Crippen molar-refractivity contribution in [2.75, 3.05) is 0 Å². The Morgan fingerprint density at radius 2 is 0.481 bits per heavy atom. The summed E-state index contributed by atoms with van der Waals surface area (Å²) in [5.41, 5.74) is -0.342. The molecule has 0 fully saturated rings. The van der Waals surface area contributed by atoms with Crippen LogP contribution in [0.4, 0.5) is 0 Å². The molecule has 0 aliphatic carbocycles. The second-order valence-corrected chi connectivity index (χ2v) is 14.7. The van der Waals surface area contributed by atoms with Gasteiger partial charge in [-0.05, 0) is 49.0 Å². The van der Waals surface area contributed by atoms with E-state index in [1.807, 2.05) is 0 Å². The normalized spacial score (nSPS) is 11.2. The minimum absolute atomic E-state index is 0. The summed E-state index contributed by atoms with van der Waals surface area (Å²) in [7, 11) is 0. The summed E-state index contributed by atoms with van der Waals surface area (Å²) in [5.74, 6) is -5.76. The third-order valence-corrected chi connectivity index (χ3v) is 9.71. The van der Waals surface area contributed by atoms with Gasteiger partial charge in [0.15, 0.2) is 0 Å². The molecule has 0 aromatic heterocycles. The van der Waals surface area contributed by atoms with E-state index in [2.05, 4.69) is 13.8 Å². The summed E-state index contributed by atoms with van der Waals surface area (Å²) in [6.07, 6.45) is 41.9. The Labute approximate surface area is 390 Å². The van der Waals surface area contributed by atoms with Crippen LogP contribution in [0.25, 0.3) is 0 Å². The fraction of sp³-hybridized carbons (Fsp3) is 0.818. The van der Waals surface area contributed by atoms with Crippen molar-refractivity contribution >= 4 is 99.4 Å². The summed E-state index contributed by atoms with van der Waals surface area (Å²) in [6, 6.07) is 0. The van der Waals surface area contributed by atoms with Gasteiger partial charge in [-0.3, -0.25) is 0 Å². The van der Waals surface area contributed by atoms with E-state index in [0.717, 1.165) is 25.7 Å². The minimum atomic E-state index is -1.47. The smallest absolute Gasteiger partial charge is 0.545 e. The Hall–Kier alpha value is -0.121. The number of hydrogen-bond acceptors (Lipinski definition) is 8. The Morgan fingerprint density at radius 3 is 0.630 bits per heavy atom. The van der Waals surface area contributed by atoms with Gasteiger partial charge in [-0.1, -0.05) is 206 Å². The van der Waals surface area contributed by atoms with Gasteiger partial charge in [-0.2, -0.15) is 0 Å². The number of unbranched alkanes of at least 4 members (excludes halogenated alkanes) is 30. The first-order valence-electron chi connectivity index (χ1n) is 21.4. The molecule has 0 saturated heterocycles. The van der Waals surface area contributed by atoms with Crippen molar-refractivity contribution in [3.8, 4) is 0 Å². The maximum Gasteiger partial charge on any atom is 2.00 e. The van der Waals surface area contributed by atoms with Crippen LogP contribution in [0.3, 0.4) is 0 Å². The van der Waals surface area contributed by atoms with E-state index < -0.39 is 23.9 Å². The van der Waals surface area contributed by atoms with E-state index in [1.165, 1.54) is 167 Å². The van der Waals surface area contributed by atoms with Crippen LogP contribution in [0, 0.1) is 0 Å². The molecule has 10 heteroatoms. The second-order valence-electron chi connectivity index (χ2n) is 14.7. The third kappa shape index (κ3) is 49.9. The molecule has 0 spiro atoms. The molecule has 0 amide bonds. The van der Waals surface area contributed by atoms with Crippen molar-refractivity contribution in [3.05, 3.63) is 23.3 Å². The number of hydrogen-bond donors (Lipinski definition) is 0. The van der Waals surface area contributed by atoms with Gasteiger partial charge in [0.2, 0.25) is 0 Å². The molecule has 8 nitrogen and oxygen atoms in total. The molecule has 54 heavy (non-hydrogen) atoms. The van der Waals surface area contributed by atoms with Gasteiger partial charge in [0.1, 0.15) is 0 Å². The first kappa shape index (κ1) is 60.6. The average molecular weight is 813 g/mol. The fourth-order valence-electron chi connectivity index (χ4n) is 6.48. The van der Waals surface area contributed by atoms with E-state index in [1.54, 1.807) is 0 Å². The summed E-state index contributed by atoms with van der Waals surface area (Å²) < 4.78 is 0. The second kappa shape index (κ2) is 49.0. The molecule has 0 aliphatic rings. The molecule has 0 aromatic rings. The zero-order valence-corrected chi connectivity index (χ0v) is 39.3. The van der Waals surface area contributed by atoms with Gasteiger partial charge in [-0.15, -0.1) is 0 Å². The largest absolute Gasteiger partial charge is 2.00 e. The molecule has 0 unspecified atom stereocenters. The number of carbonyl (C=O) groups is 4. The predicted octanol–water partition coefficient (Wildman–Crippen LogP) is 7.37. The van der Waals surface area contributed by atoms with E-state index in [0.29, 0.717) is 25.0 Å². The standard InChI is InChI=1S/2C22H40O4.2Ca/c2*1-2-3-4-5-6-7-8-9-10-11-12-13-14-15-16-17-18-20(22(25)26)19-21(23)24;;/h2*19H,2-18H2,1H3,(H,23,24)(H,25,26);;/q;;2*+2/p-4. The topological polar surface area (TPSA) is 161 Å². The Bertz CT molecular complexity index is 862. The van der Waals surface area contributed by atoms with Crippen LogP contribution < -0.4 is 20.4 Å². The Kier molecular flexibility index (Phi) is 55.0. The number of rotatable bonds is 38. The quantitative estimate of drug-likeness (QED) is 0.0355. The molecule has 304 valence electrons. The molecule has 0 heterocycles. The van der Waals surface area contributed by atoms with Crippen LogP contribution in [0.5, 0.6) is 0 Å². The van der Waals surface area contributed by atoms with Crippen LogP contribution in [0.2, 0.25) is 0 Å². The molecule has 0 bridgehead atoms. The van der Waals surface area contributed by atoms with Crippen LogP contribution in [0.15, 0.2) is 23.3 Å². The zero-order chi connectivity index (χ0) is 38.9. The van der Waals surface area contributed by atoms with Gasteiger partial charge in [0.05, 0.1) is 23.9 Å². The number of carboxylic acid groups (broad SMARTS) is 4. The van der Waals surface area contributed by atoms with Crippen LogP contribution >= 0.6 is 0 Å². The van der Waals surface area contributed by atoms with Gasteiger partial charge >= 0.3 is 75.5 Å². The maximum absolute atomic E-state index is 10.8. The van der Waals surface area contributed by atoms with Crippen molar-refractivity contribution in [1.82, 2.24) is 0 Å². The van der Waals surface area contributed by atoms with Crippen molar-refractivity contribution in [2.24, 2.45) is 0 Å². The molecular weight excluding hydrogens is 737 g/mol. The molecule has 0 aromatic carbocycles. The summed E-state index contributed by atoms with van der Waals surface area (Å²) >= 11 is 0. The van der Waals surface area contributed by atoms with Crippen molar-refractivity contribution < 1.29 is 39.6 Å². The molecule has 0 aliphatic heterocycles. The molecular formula is C44H76Ca2O8. The van der Waals surface area contributed by atoms with Crippen LogP contribution in [0.1, 0.15) is 232 Å². The third-order valence-electron chi connectivity index (χ3n) is 9.71. The van der Waals surface area contributed by atoms with Crippen molar-refractivity contribution in [2.45, 2.75) is 232 Å². The minimum Gasteiger partial charge on any atom is -0.545 e. The number of carboxylic acids is 4. The van der Waals surface area contributed by atoms with Gasteiger partial charge in [0.25, 0.3) is 0 Å². The Balaban J connectivity index is -0.000000446. The zero-order valence-electron chi connectivity index (χ0n) is 34.9.